The maximum atomic E-state index is 13.3. The summed E-state index contributed by atoms with van der Waals surface area (Å²) in [5.41, 5.74) is 3.92. The van der Waals surface area contributed by atoms with Gasteiger partial charge in [0.1, 0.15) is 11.5 Å². The molecular weight excluding hydrogens is 360 g/mol. The number of Topliss-reactive ketones (excluding diaryl/α,β-unsaturated/α-hetero) is 1. The van der Waals surface area contributed by atoms with Crippen LogP contribution >= 0.6 is 0 Å². The first-order chi connectivity index (χ1) is 13.8. The van der Waals surface area contributed by atoms with E-state index in [0.29, 0.717) is 5.92 Å². The van der Waals surface area contributed by atoms with Gasteiger partial charge in [0.2, 0.25) is 0 Å². The zero-order valence-corrected chi connectivity index (χ0v) is 18.0. The molecule has 1 fully saturated rings. The van der Waals surface area contributed by atoms with Gasteiger partial charge in [-0.1, -0.05) is 45.0 Å². The second-order valence-corrected chi connectivity index (χ2v) is 8.69. The number of carbonyl (C=O) groups is 1. The molecule has 0 saturated heterocycles. The predicted octanol–water partition coefficient (Wildman–Crippen LogP) is 6.20. The van der Waals surface area contributed by atoms with Gasteiger partial charge in [-0.2, -0.15) is 0 Å². The first-order valence-electron chi connectivity index (χ1n) is 10.0. The van der Waals surface area contributed by atoms with E-state index >= 15 is 0 Å². The highest BCUT2D eigenvalue weighted by Crippen LogP contribution is 2.42. The fourth-order valence-corrected chi connectivity index (χ4v) is 3.66. The Kier molecular flexibility index (Phi) is 6.26. The minimum absolute atomic E-state index is 0.124. The molecule has 0 aliphatic heterocycles. The lowest BCUT2D eigenvalue weighted by atomic mass is 9.68. The Bertz CT molecular complexity index is 840. The predicted molar refractivity (Wildman–Crippen MR) is 119 cm³/mol. The second-order valence-electron chi connectivity index (χ2n) is 8.69. The van der Waals surface area contributed by atoms with Gasteiger partial charge < -0.3 is 9.47 Å². The molecule has 2 aromatic rings. The van der Waals surface area contributed by atoms with Crippen molar-refractivity contribution < 1.29 is 14.3 Å². The number of allylic oxidation sites excluding steroid dienone is 2. The van der Waals surface area contributed by atoms with Crippen LogP contribution in [0.5, 0.6) is 11.5 Å². The van der Waals surface area contributed by atoms with Crippen molar-refractivity contribution in [3.05, 3.63) is 70.8 Å². The number of ketones is 1. The van der Waals surface area contributed by atoms with E-state index in [1.807, 2.05) is 60.7 Å². The van der Waals surface area contributed by atoms with Gasteiger partial charge in [-0.25, -0.2) is 0 Å². The van der Waals surface area contributed by atoms with Crippen molar-refractivity contribution in [1.82, 2.24) is 0 Å². The molecule has 29 heavy (non-hydrogen) atoms. The largest absolute Gasteiger partial charge is 0.497 e. The molecule has 152 valence electrons. The van der Waals surface area contributed by atoms with E-state index in [1.54, 1.807) is 14.2 Å². The Balaban J connectivity index is 1.96. The molecule has 0 aromatic heterocycles. The lowest BCUT2D eigenvalue weighted by molar-refractivity contribution is -0.113. The third kappa shape index (κ3) is 5.17. The molecule has 1 aliphatic rings. The van der Waals surface area contributed by atoms with Crippen molar-refractivity contribution in [3.8, 4) is 11.5 Å². The van der Waals surface area contributed by atoms with Crippen molar-refractivity contribution in [2.24, 2.45) is 11.3 Å². The van der Waals surface area contributed by atoms with Crippen LogP contribution < -0.4 is 9.47 Å². The highest BCUT2D eigenvalue weighted by atomic mass is 16.5. The summed E-state index contributed by atoms with van der Waals surface area (Å²) in [6.07, 6.45) is 5.66. The Morgan fingerprint density at radius 2 is 1.14 bits per heavy atom. The average molecular weight is 391 g/mol. The molecule has 0 unspecified atom stereocenters. The van der Waals surface area contributed by atoms with Gasteiger partial charge in [-0.3, -0.25) is 4.79 Å². The van der Waals surface area contributed by atoms with Crippen LogP contribution in [-0.2, 0) is 4.79 Å². The van der Waals surface area contributed by atoms with Crippen molar-refractivity contribution in [1.29, 1.82) is 0 Å². The van der Waals surface area contributed by atoms with Crippen molar-refractivity contribution in [3.63, 3.8) is 0 Å². The van der Waals surface area contributed by atoms with Crippen LogP contribution in [0.15, 0.2) is 59.7 Å². The summed E-state index contributed by atoms with van der Waals surface area (Å²) in [5, 5.41) is 0. The number of ether oxygens (including phenoxy) is 2. The summed E-state index contributed by atoms with van der Waals surface area (Å²) < 4.78 is 10.5. The fraction of sp³-hybridized carbons (Fsp3) is 0.346. The first-order valence-corrected chi connectivity index (χ1v) is 10.0. The summed E-state index contributed by atoms with van der Waals surface area (Å²) in [5.74, 6) is 2.19. The molecule has 0 bridgehead atoms. The lowest BCUT2D eigenvalue weighted by Crippen LogP contribution is -2.29. The molecule has 0 N–H and O–H groups in total. The minimum Gasteiger partial charge on any atom is -0.497 e. The zero-order valence-electron chi connectivity index (χ0n) is 18.0. The fourth-order valence-electron chi connectivity index (χ4n) is 3.66. The van der Waals surface area contributed by atoms with Crippen LogP contribution in [0.25, 0.3) is 12.2 Å². The van der Waals surface area contributed by atoms with Gasteiger partial charge in [0, 0.05) is 11.1 Å². The van der Waals surface area contributed by atoms with Gasteiger partial charge in [0.25, 0.3) is 0 Å². The summed E-state index contributed by atoms with van der Waals surface area (Å²) >= 11 is 0. The van der Waals surface area contributed by atoms with E-state index in [9.17, 15) is 4.79 Å². The van der Waals surface area contributed by atoms with Gasteiger partial charge in [0.05, 0.1) is 14.2 Å². The molecule has 3 rings (SSSR count). The van der Waals surface area contributed by atoms with Crippen LogP contribution in [0.4, 0.5) is 0 Å². The molecule has 1 aliphatic carbocycles. The second kappa shape index (κ2) is 8.69. The van der Waals surface area contributed by atoms with Crippen LogP contribution in [0, 0.1) is 11.3 Å². The third-order valence-electron chi connectivity index (χ3n) is 5.65. The van der Waals surface area contributed by atoms with Gasteiger partial charge in [-0.15, -0.1) is 0 Å². The Labute approximate surface area is 174 Å². The van der Waals surface area contributed by atoms with E-state index in [4.69, 9.17) is 9.47 Å². The first kappa shape index (κ1) is 20.9. The summed E-state index contributed by atoms with van der Waals surface area (Å²) in [4.78, 5) is 13.3. The Hall–Kier alpha value is -2.81. The molecule has 0 atom stereocenters. The van der Waals surface area contributed by atoms with Crippen molar-refractivity contribution in [2.75, 3.05) is 14.2 Å². The van der Waals surface area contributed by atoms with Crippen LogP contribution in [0.3, 0.4) is 0 Å². The van der Waals surface area contributed by atoms with E-state index in [0.717, 1.165) is 46.6 Å². The average Bonchev–Trinajstić information content (AvgIpc) is 2.71. The minimum atomic E-state index is 0.124. The summed E-state index contributed by atoms with van der Waals surface area (Å²) in [6.45, 7) is 6.76. The van der Waals surface area contributed by atoms with Gasteiger partial charge >= 0.3 is 0 Å². The maximum absolute atomic E-state index is 13.3. The Morgan fingerprint density at radius 1 is 0.759 bits per heavy atom. The molecule has 1 saturated carbocycles. The third-order valence-corrected chi connectivity index (χ3v) is 5.65. The monoisotopic (exact) mass is 390 g/mol. The number of benzene rings is 2. The van der Waals surface area contributed by atoms with E-state index in [1.165, 1.54) is 0 Å². The number of hydrogen-bond donors (Lipinski definition) is 0. The molecule has 3 nitrogen and oxygen atoms in total. The summed E-state index contributed by atoms with van der Waals surface area (Å²) in [6, 6.07) is 15.7. The normalized spacial score (nSPS) is 20.2. The highest BCUT2D eigenvalue weighted by Gasteiger charge is 2.34. The molecule has 3 heteroatoms. The van der Waals surface area contributed by atoms with E-state index < -0.39 is 0 Å². The molecule has 2 aromatic carbocycles. The topological polar surface area (TPSA) is 35.5 Å². The number of hydrogen-bond acceptors (Lipinski definition) is 3. The molecule has 0 heterocycles. The smallest absolute Gasteiger partial charge is 0.185 e. The number of carbonyl (C=O) groups excluding carboxylic acids is 1. The van der Waals surface area contributed by atoms with Crippen LogP contribution in [0.2, 0.25) is 0 Å². The molecule has 0 radical (unpaired) electrons. The maximum Gasteiger partial charge on any atom is 0.185 e. The van der Waals surface area contributed by atoms with E-state index in [-0.39, 0.29) is 11.2 Å². The number of methoxy groups -OCH3 is 2. The van der Waals surface area contributed by atoms with Crippen LogP contribution in [0.1, 0.15) is 44.7 Å². The molecular formula is C26H30O3. The highest BCUT2D eigenvalue weighted by molar-refractivity contribution is 6.14. The van der Waals surface area contributed by atoms with Gasteiger partial charge in [0.15, 0.2) is 5.78 Å². The number of rotatable bonds is 4. The van der Waals surface area contributed by atoms with Crippen molar-refractivity contribution >= 4 is 17.9 Å². The van der Waals surface area contributed by atoms with Gasteiger partial charge in [-0.05, 0) is 71.7 Å². The Morgan fingerprint density at radius 3 is 1.45 bits per heavy atom. The zero-order chi connectivity index (χ0) is 21.0. The lowest BCUT2D eigenvalue weighted by Gasteiger charge is -2.35. The van der Waals surface area contributed by atoms with E-state index in [2.05, 4.69) is 20.8 Å². The summed E-state index contributed by atoms with van der Waals surface area (Å²) in [7, 11) is 3.31. The molecule has 0 amide bonds. The standard InChI is InChI=1S/C26H30O3/c1-26(2,3)22-16-20(14-18-6-10-23(28-4)11-7-18)25(27)21(17-22)15-19-8-12-24(29-5)13-9-19/h6-15,22H,16-17H2,1-5H3/b20-14-,21-15-. The molecule has 0 spiro atoms. The van der Waals surface area contributed by atoms with Crippen molar-refractivity contribution in [2.45, 2.75) is 33.6 Å². The van der Waals surface area contributed by atoms with Crippen LogP contribution in [-0.4, -0.2) is 20.0 Å². The SMILES string of the molecule is COc1ccc(/C=C2/CC(C(C)(C)C)C/C(=C/c3ccc(OC)cc3)C2=O)cc1. The quantitative estimate of drug-likeness (QED) is 0.583.